The molecule has 30 heavy (non-hydrogen) atoms. The Kier molecular flexibility index (Phi) is 14.8. The molecule has 3 rings (SSSR count). The van der Waals surface area contributed by atoms with E-state index in [1.807, 2.05) is 23.5 Å². The summed E-state index contributed by atoms with van der Waals surface area (Å²) in [4.78, 5) is 2.72. The van der Waals surface area contributed by atoms with Crippen LogP contribution >= 0.6 is 23.5 Å². The molecular weight excluding hydrogens is 451 g/mol. The van der Waals surface area contributed by atoms with Crippen LogP contribution in [0.1, 0.15) is 11.1 Å². The molecule has 3 aromatic carbocycles. The van der Waals surface area contributed by atoms with Crippen LogP contribution in [-0.2, 0) is 13.1 Å². The highest BCUT2D eigenvalue weighted by Gasteiger charge is 2.01. The number of halogens is 2. The standard InChI is InChI=1S/C24H28N2S2.2ClH/c1-3-10-23(11-4-1)27-16-14-25-19-21-8-7-9-22(18-21)20-26-15-17-28-24-12-5-2-6-13-24;;/h1-13,18,25-26H,14-17,19-20H2;2*1H. The van der Waals surface area contributed by atoms with Crippen LogP contribution in [0.5, 0.6) is 0 Å². The molecule has 0 amide bonds. The Bertz CT molecular complexity index is 740. The second kappa shape index (κ2) is 16.5. The molecule has 4 N–H and O–H groups in total. The first-order chi connectivity index (χ1) is 13.9. The quantitative estimate of drug-likeness (QED) is 0.220. The van der Waals surface area contributed by atoms with E-state index in [-0.39, 0.29) is 24.8 Å². The topological polar surface area (TPSA) is 33.2 Å². The molecule has 0 heterocycles. The minimum Gasteiger partial charge on any atom is -1.00 e. The summed E-state index contributed by atoms with van der Waals surface area (Å²) in [7, 11) is 0. The summed E-state index contributed by atoms with van der Waals surface area (Å²) >= 11 is 3.87. The van der Waals surface area contributed by atoms with Crippen molar-refractivity contribution in [3.63, 3.8) is 0 Å². The van der Waals surface area contributed by atoms with Crippen molar-refractivity contribution >= 4 is 23.5 Å². The molecule has 0 aromatic heterocycles. The molecule has 0 aliphatic carbocycles. The molecule has 0 saturated heterocycles. The molecule has 6 heteroatoms. The number of hydrogen-bond acceptors (Lipinski definition) is 2. The summed E-state index contributed by atoms with van der Waals surface area (Å²) in [5.41, 5.74) is 2.85. The van der Waals surface area contributed by atoms with Crippen LogP contribution in [0.25, 0.3) is 0 Å². The van der Waals surface area contributed by atoms with Crippen molar-refractivity contribution < 1.29 is 35.4 Å². The summed E-state index contributed by atoms with van der Waals surface area (Å²) < 4.78 is 0. The second-order valence-electron chi connectivity index (χ2n) is 6.71. The van der Waals surface area contributed by atoms with Gasteiger partial charge < -0.3 is 35.4 Å². The van der Waals surface area contributed by atoms with E-state index in [9.17, 15) is 0 Å². The zero-order valence-corrected chi connectivity index (χ0v) is 20.2. The third-order valence-electron chi connectivity index (χ3n) is 4.42. The van der Waals surface area contributed by atoms with E-state index in [4.69, 9.17) is 0 Å². The molecule has 0 aliphatic heterocycles. The van der Waals surface area contributed by atoms with Gasteiger partial charge in [0, 0.05) is 32.4 Å². The van der Waals surface area contributed by atoms with E-state index in [0.717, 1.165) is 37.7 Å². The van der Waals surface area contributed by atoms with Gasteiger partial charge in [0.05, 0.1) is 13.1 Å². The maximum Gasteiger partial charge on any atom is 0.101 e. The molecule has 0 saturated carbocycles. The first-order valence-corrected chi connectivity index (χ1v) is 11.9. The van der Waals surface area contributed by atoms with Gasteiger partial charge in [0.15, 0.2) is 0 Å². The van der Waals surface area contributed by atoms with Crippen molar-refractivity contribution in [2.45, 2.75) is 22.9 Å². The Morgan fingerprint density at radius 2 is 0.967 bits per heavy atom. The van der Waals surface area contributed by atoms with Crippen LogP contribution in [0, 0.1) is 0 Å². The molecule has 3 aromatic rings. The predicted molar refractivity (Wildman–Crippen MR) is 122 cm³/mol. The van der Waals surface area contributed by atoms with Crippen LogP contribution < -0.4 is 35.4 Å². The molecule has 0 fully saturated rings. The Hall–Kier alpha value is -1.14. The van der Waals surface area contributed by atoms with Crippen LogP contribution in [-0.4, -0.2) is 24.6 Å². The Morgan fingerprint density at radius 1 is 0.533 bits per heavy atom. The summed E-state index contributed by atoms with van der Waals surface area (Å²) in [5, 5.41) is 4.82. The zero-order valence-electron chi connectivity index (χ0n) is 17.1. The number of quaternary nitrogens is 2. The van der Waals surface area contributed by atoms with Gasteiger partial charge in [-0.05, 0) is 30.3 Å². The van der Waals surface area contributed by atoms with E-state index in [2.05, 4.69) is 95.6 Å². The van der Waals surface area contributed by atoms with Gasteiger partial charge in [-0.3, -0.25) is 0 Å². The van der Waals surface area contributed by atoms with Gasteiger partial charge in [-0.2, -0.15) is 0 Å². The van der Waals surface area contributed by atoms with E-state index < -0.39 is 0 Å². The van der Waals surface area contributed by atoms with Crippen molar-refractivity contribution in [1.29, 1.82) is 0 Å². The van der Waals surface area contributed by atoms with Crippen molar-refractivity contribution in [2.75, 3.05) is 24.6 Å². The highest BCUT2D eigenvalue weighted by Crippen LogP contribution is 2.16. The van der Waals surface area contributed by atoms with Gasteiger partial charge in [-0.25, -0.2) is 0 Å². The number of nitrogens with two attached hydrogens (primary N) is 2. The number of rotatable bonds is 12. The lowest BCUT2D eigenvalue weighted by molar-refractivity contribution is -0.667. The highest BCUT2D eigenvalue weighted by atomic mass is 35.5. The van der Waals surface area contributed by atoms with Gasteiger partial charge in [-0.1, -0.05) is 54.6 Å². The Labute approximate surface area is 201 Å². The Morgan fingerprint density at radius 3 is 1.40 bits per heavy atom. The molecule has 0 unspecified atom stereocenters. The number of benzene rings is 3. The third kappa shape index (κ3) is 10.8. The zero-order chi connectivity index (χ0) is 19.3. The van der Waals surface area contributed by atoms with Crippen LogP contribution in [0.3, 0.4) is 0 Å². The molecule has 162 valence electrons. The molecule has 0 radical (unpaired) electrons. The van der Waals surface area contributed by atoms with Crippen LogP contribution in [0.2, 0.25) is 0 Å². The summed E-state index contributed by atoms with van der Waals surface area (Å²) in [6, 6.07) is 30.4. The fourth-order valence-electron chi connectivity index (χ4n) is 2.97. The highest BCUT2D eigenvalue weighted by molar-refractivity contribution is 7.99. The minimum atomic E-state index is 0. The second-order valence-corrected chi connectivity index (χ2v) is 9.04. The van der Waals surface area contributed by atoms with E-state index in [0.29, 0.717) is 0 Å². The van der Waals surface area contributed by atoms with E-state index in [1.165, 1.54) is 20.9 Å². The van der Waals surface area contributed by atoms with E-state index in [1.54, 1.807) is 0 Å². The van der Waals surface area contributed by atoms with Gasteiger partial charge in [-0.15, -0.1) is 23.5 Å². The fourth-order valence-corrected chi connectivity index (χ4v) is 4.71. The lowest BCUT2D eigenvalue weighted by Gasteiger charge is -2.06. The molecule has 0 atom stereocenters. The normalized spacial score (nSPS) is 10.1. The van der Waals surface area contributed by atoms with Gasteiger partial charge >= 0.3 is 0 Å². The molecule has 0 spiro atoms. The minimum absolute atomic E-state index is 0. The number of hydrogen-bond donors (Lipinski definition) is 2. The van der Waals surface area contributed by atoms with Gasteiger partial charge in [0.2, 0.25) is 0 Å². The fraction of sp³-hybridized carbons (Fsp3) is 0.250. The van der Waals surface area contributed by atoms with Crippen molar-refractivity contribution in [2.24, 2.45) is 0 Å². The predicted octanol–water partition coefficient (Wildman–Crippen LogP) is -2.59. The average molecular weight is 482 g/mol. The monoisotopic (exact) mass is 480 g/mol. The molecule has 2 nitrogen and oxygen atoms in total. The van der Waals surface area contributed by atoms with Crippen molar-refractivity contribution in [1.82, 2.24) is 0 Å². The van der Waals surface area contributed by atoms with Crippen molar-refractivity contribution in [3.8, 4) is 0 Å². The summed E-state index contributed by atoms with van der Waals surface area (Å²) in [5.74, 6) is 2.30. The first kappa shape index (κ1) is 26.9. The molecule has 0 bridgehead atoms. The summed E-state index contributed by atoms with van der Waals surface area (Å²) in [6.07, 6.45) is 0. The summed E-state index contributed by atoms with van der Waals surface area (Å²) in [6.45, 7) is 4.42. The average Bonchev–Trinajstić information content (AvgIpc) is 2.75. The lowest BCUT2D eigenvalue weighted by Crippen LogP contribution is -3.00. The SMILES string of the molecule is [Cl-].[Cl-].c1ccc(SCC[NH2+]Cc2cccc(C[NH2+]CCSc3ccccc3)c2)cc1. The molecular formula is C24H30Cl2N2S2. The Balaban J connectivity index is 0.00000225. The first-order valence-electron chi connectivity index (χ1n) is 9.97. The maximum atomic E-state index is 2.41. The van der Waals surface area contributed by atoms with Crippen molar-refractivity contribution in [3.05, 3.63) is 96.1 Å². The van der Waals surface area contributed by atoms with E-state index >= 15 is 0 Å². The maximum absolute atomic E-state index is 2.41. The van der Waals surface area contributed by atoms with Gasteiger partial charge in [0.25, 0.3) is 0 Å². The van der Waals surface area contributed by atoms with Gasteiger partial charge in [0.1, 0.15) is 13.1 Å². The number of thioether (sulfide) groups is 2. The van der Waals surface area contributed by atoms with Crippen LogP contribution in [0.4, 0.5) is 0 Å². The third-order valence-corrected chi connectivity index (χ3v) is 6.51. The van der Waals surface area contributed by atoms with Crippen LogP contribution in [0.15, 0.2) is 94.7 Å². The lowest BCUT2D eigenvalue weighted by atomic mass is 10.1. The largest absolute Gasteiger partial charge is 1.00 e. The smallest absolute Gasteiger partial charge is 0.101 e. The molecule has 0 aliphatic rings.